The SMILES string of the molecule is CC(C(=O)Nc1ccccc1-c1ccccc1)N1CCN(c2ccccc2[N+](=O)[O-])CC1. The Labute approximate surface area is 187 Å². The van der Waals surface area contributed by atoms with E-state index in [4.69, 9.17) is 0 Å². The number of hydrogen-bond acceptors (Lipinski definition) is 5. The molecule has 1 fully saturated rings. The number of anilines is 2. The molecular weight excluding hydrogens is 404 g/mol. The fraction of sp³-hybridized carbons (Fsp3) is 0.240. The molecule has 3 aromatic rings. The first-order valence-corrected chi connectivity index (χ1v) is 10.7. The van der Waals surface area contributed by atoms with Crippen LogP contribution in [-0.4, -0.2) is 48.0 Å². The van der Waals surface area contributed by atoms with Crippen molar-refractivity contribution in [3.63, 3.8) is 0 Å². The molecule has 1 heterocycles. The Hall–Kier alpha value is -3.71. The van der Waals surface area contributed by atoms with Gasteiger partial charge in [0.05, 0.1) is 11.0 Å². The zero-order chi connectivity index (χ0) is 22.5. The summed E-state index contributed by atoms with van der Waals surface area (Å²) in [4.78, 5) is 28.2. The number of nitro benzene ring substituents is 1. The summed E-state index contributed by atoms with van der Waals surface area (Å²) in [5.74, 6) is -0.0625. The lowest BCUT2D eigenvalue weighted by atomic mass is 10.0. The molecule has 164 valence electrons. The van der Waals surface area contributed by atoms with Gasteiger partial charge in [-0.1, -0.05) is 60.7 Å². The van der Waals surface area contributed by atoms with Crippen LogP contribution in [0.5, 0.6) is 0 Å². The number of para-hydroxylation sites is 3. The van der Waals surface area contributed by atoms with Gasteiger partial charge in [-0.25, -0.2) is 0 Å². The summed E-state index contributed by atoms with van der Waals surface area (Å²) < 4.78 is 0. The minimum Gasteiger partial charge on any atom is -0.363 e. The molecule has 7 nitrogen and oxygen atoms in total. The molecule has 0 aliphatic carbocycles. The van der Waals surface area contributed by atoms with Crippen LogP contribution in [0.1, 0.15) is 6.92 Å². The third-order valence-corrected chi connectivity index (χ3v) is 5.93. The minimum absolute atomic E-state index is 0.0625. The highest BCUT2D eigenvalue weighted by atomic mass is 16.6. The average molecular weight is 431 g/mol. The summed E-state index contributed by atoms with van der Waals surface area (Å²) in [6, 6.07) is 24.3. The Balaban J connectivity index is 1.41. The van der Waals surface area contributed by atoms with Crippen LogP contribution in [0.4, 0.5) is 17.1 Å². The van der Waals surface area contributed by atoms with E-state index in [9.17, 15) is 14.9 Å². The van der Waals surface area contributed by atoms with Crippen molar-refractivity contribution in [3.05, 3.63) is 89.0 Å². The quantitative estimate of drug-likeness (QED) is 0.463. The molecular formula is C25H26N4O3. The van der Waals surface area contributed by atoms with Crippen LogP contribution in [-0.2, 0) is 4.79 Å². The van der Waals surface area contributed by atoms with Crippen molar-refractivity contribution in [1.29, 1.82) is 0 Å². The van der Waals surface area contributed by atoms with Gasteiger partial charge in [-0.05, 0) is 24.6 Å². The van der Waals surface area contributed by atoms with Crippen LogP contribution in [0, 0.1) is 10.1 Å². The lowest BCUT2D eigenvalue weighted by Gasteiger charge is -2.38. The number of nitrogens with one attached hydrogen (secondary N) is 1. The van der Waals surface area contributed by atoms with Crippen molar-refractivity contribution in [1.82, 2.24) is 4.90 Å². The second-order valence-corrected chi connectivity index (χ2v) is 7.85. The Kier molecular flexibility index (Phi) is 6.47. The largest absolute Gasteiger partial charge is 0.363 e. The van der Waals surface area contributed by atoms with Crippen LogP contribution < -0.4 is 10.2 Å². The molecule has 1 N–H and O–H groups in total. The second-order valence-electron chi connectivity index (χ2n) is 7.85. The zero-order valence-electron chi connectivity index (χ0n) is 18.0. The Morgan fingerprint density at radius 1 is 0.906 bits per heavy atom. The lowest BCUT2D eigenvalue weighted by molar-refractivity contribution is -0.384. The van der Waals surface area contributed by atoms with Gasteiger partial charge >= 0.3 is 0 Å². The summed E-state index contributed by atoms with van der Waals surface area (Å²) in [7, 11) is 0. The molecule has 0 radical (unpaired) electrons. The molecule has 0 saturated carbocycles. The van der Waals surface area contributed by atoms with E-state index in [2.05, 4.69) is 10.2 Å². The molecule has 1 saturated heterocycles. The molecule has 1 aliphatic rings. The van der Waals surface area contributed by atoms with Gasteiger partial charge in [-0.2, -0.15) is 0 Å². The van der Waals surface area contributed by atoms with Gasteiger partial charge in [0.1, 0.15) is 5.69 Å². The molecule has 1 unspecified atom stereocenters. The highest BCUT2D eigenvalue weighted by molar-refractivity contribution is 5.98. The number of amides is 1. The minimum atomic E-state index is -0.345. The van der Waals surface area contributed by atoms with Crippen LogP contribution in [0.25, 0.3) is 11.1 Å². The first kappa shape index (κ1) is 21.5. The average Bonchev–Trinajstić information content (AvgIpc) is 2.84. The fourth-order valence-electron chi connectivity index (χ4n) is 4.10. The van der Waals surface area contributed by atoms with Gasteiger partial charge < -0.3 is 10.2 Å². The van der Waals surface area contributed by atoms with E-state index in [-0.39, 0.29) is 22.6 Å². The Morgan fingerprint density at radius 3 is 2.25 bits per heavy atom. The predicted molar refractivity (Wildman–Crippen MR) is 127 cm³/mol. The molecule has 0 spiro atoms. The molecule has 1 aliphatic heterocycles. The maximum Gasteiger partial charge on any atom is 0.292 e. The number of carbonyl (C=O) groups is 1. The zero-order valence-corrected chi connectivity index (χ0v) is 18.0. The van der Waals surface area contributed by atoms with E-state index in [1.807, 2.05) is 72.5 Å². The highest BCUT2D eigenvalue weighted by Crippen LogP contribution is 2.30. The maximum absolute atomic E-state index is 13.0. The Bertz CT molecular complexity index is 1100. The molecule has 0 bridgehead atoms. The first-order valence-electron chi connectivity index (χ1n) is 10.7. The summed E-state index contributed by atoms with van der Waals surface area (Å²) in [6.07, 6.45) is 0. The monoisotopic (exact) mass is 430 g/mol. The van der Waals surface area contributed by atoms with E-state index in [0.29, 0.717) is 31.9 Å². The Morgan fingerprint density at radius 2 is 1.53 bits per heavy atom. The third-order valence-electron chi connectivity index (χ3n) is 5.93. The van der Waals surface area contributed by atoms with Crippen molar-refractivity contribution >= 4 is 23.0 Å². The van der Waals surface area contributed by atoms with Gasteiger partial charge in [0, 0.05) is 43.5 Å². The topological polar surface area (TPSA) is 78.7 Å². The van der Waals surface area contributed by atoms with E-state index in [1.54, 1.807) is 12.1 Å². The van der Waals surface area contributed by atoms with Gasteiger partial charge in [0.2, 0.25) is 5.91 Å². The predicted octanol–water partition coefficient (Wildman–Crippen LogP) is 4.41. The van der Waals surface area contributed by atoms with Crippen molar-refractivity contribution in [3.8, 4) is 11.1 Å². The number of carbonyl (C=O) groups excluding carboxylic acids is 1. The van der Waals surface area contributed by atoms with Gasteiger partial charge in [-0.15, -0.1) is 0 Å². The van der Waals surface area contributed by atoms with Gasteiger partial charge in [-0.3, -0.25) is 19.8 Å². The van der Waals surface area contributed by atoms with E-state index < -0.39 is 0 Å². The number of piperazine rings is 1. The summed E-state index contributed by atoms with van der Waals surface area (Å²) in [5.41, 5.74) is 3.56. The van der Waals surface area contributed by atoms with Crippen molar-refractivity contribution in [2.24, 2.45) is 0 Å². The molecule has 3 aromatic carbocycles. The molecule has 1 amide bonds. The van der Waals surface area contributed by atoms with Crippen LogP contribution >= 0.6 is 0 Å². The first-order chi connectivity index (χ1) is 15.5. The summed E-state index contributed by atoms with van der Waals surface area (Å²) >= 11 is 0. The van der Waals surface area contributed by atoms with Crippen LogP contribution in [0.3, 0.4) is 0 Å². The van der Waals surface area contributed by atoms with E-state index >= 15 is 0 Å². The lowest BCUT2D eigenvalue weighted by Crippen LogP contribution is -2.53. The number of hydrogen-bond donors (Lipinski definition) is 1. The van der Waals surface area contributed by atoms with E-state index in [1.165, 1.54) is 6.07 Å². The molecule has 4 rings (SSSR count). The third kappa shape index (κ3) is 4.63. The van der Waals surface area contributed by atoms with E-state index in [0.717, 1.165) is 16.8 Å². The van der Waals surface area contributed by atoms with Crippen LogP contribution in [0.2, 0.25) is 0 Å². The standard InChI is InChI=1S/C25H26N4O3/c1-19(25(30)26-22-12-6-5-11-21(22)20-9-3-2-4-10-20)27-15-17-28(18-16-27)23-13-7-8-14-24(23)29(31)32/h2-14,19H,15-18H2,1H3,(H,26,30). The normalized spacial score (nSPS) is 15.2. The molecule has 32 heavy (non-hydrogen) atoms. The summed E-state index contributed by atoms with van der Waals surface area (Å²) in [5, 5.41) is 14.4. The fourth-order valence-corrected chi connectivity index (χ4v) is 4.10. The number of rotatable bonds is 6. The second kappa shape index (κ2) is 9.62. The molecule has 1 atom stereocenters. The van der Waals surface area contributed by atoms with Crippen LogP contribution in [0.15, 0.2) is 78.9 Å². The van der Waals surface area contributed by atoms with Crippen molar-refractivity contribution in [2.75, 3.05) is 36.4 Å². The van der Waals surface area contributed by atoms with Gasteiger partial charge in [0.25, 0.3) is 5.69 Å². The smallest absolute Gasteiger partial charge is 0.292 e. The summed E-state index contributed by atoms with van der Waals surface area (Å²) in [6.45, 7) is 4.47. The number of nitro groups is 1. The molecule has 7 heteroatoms. The maximum atomic E-state index is 13.0. The number of benzene rings is 3. The highest BCUT2D eigenvalue weighted by Gasteiger charge is 2.28. The van der Waals surface area contributed by atoms with Crippen molar-refractivity contribution in [2.45, 2.75) is 13.0 Å². The van der Waals surface area contributed by atoms with Crippen molar-refractivity contribution < 1.29 is 9.72 Å². The molecule has 0 aromatic heterocycles. The number of nitrogens with zero attached hydrogens (tertiary/aromatic N) is 3. The van der Waals surface area contributed by atoms with Gasteiger partial charge in [0.15, 0.2) is 0 Å².